The van der Waals surface area contributed by atoms with Crippen LogP contribution < -0.4 is 10.1 Å². The number of ether oxygens (including phenoxy) is 1. The Morgan fingerprint density at radius 2 is 2.08 bits per heavy atom. The van der Waals surface area contributed by atoms with Crippen LogP contribution >= 0.6 is 0 Å². The number of carbonyl (C=O) groups is 1. The maximum absolute atomic E-state index is 12.2. The molecule has 1 atom stereocenters. The van der Waals surface area contributed by atoms with Gasteiger partial charge in [-0.05, 0) is 18.6 Å². The van der Waals surface area contributed by atoms with Gasteiger partial charge >= 0.3 is 0 Å². The fourth-order valence-electron chi connectivity index (χ4n) is 2.28. The summed E-state index contributed by atoms with van der Waals surface area (Å²) >= 11 is 0. The molecule has 7 heteroatoms. The molecular formula is C18H19N5O2. The molecule has 1 amide bonds. The smallest absolute Gasteiger partial charge is 0.244 e. The Hall–Kier alpha value is -3.22. The lowest BCUT2D eigenvalue weighted by atomic mass is 10.2. The Kier molecular flexibility index (Phi) is 5.36. The molecule has 0 fully saturated rings. The molecule has 1 aromatic carbocycles. The Bertz CT molecular complexity index is 805. The maximum atomic E-state index is 12.2. The summed E-state index contributed by atoms with van der Waals surface area (Å²) in [4.78, 5) is 20.4. The first kappa shape index (κ1) is 16.6. The number of benzene rings is 1. The van der Waals surface area contributed by atoms with Gasteiger partial charge in [-0.1, -0.05) is 36.4 Å². The van der Waals surface area contributed by atoms with E-state index in [-0.39, 0.29) is 5.91 Å². The highest BCUT2D eigenvalue weighted by Crippen LogP contribution is 2.16. The zero-order chi connectivity index (χ0) is 17.5. The van der Waals surface area contributed by atoms with Crippen LogP contribution in [-0.4, -0.2) is 25.7 Å². The molecule has 3 aromatic rings. The van der Waals surface area contributed by atoms with E-state index in [0.29, 0.717) is 19.0 Å². The van der Waals surface area contributed by atoms with E-state index < -0.39 is 6.04 Å². The molecule has 2 aromatic heterocycles. The zero-order valence-corrected chi connectivity index (χ0v) is 13.9. The van der Waals surface area contributed by atoms with E-state index in [0.717, 1.165) is 11.1 Å². The highest BCUT2D eigenvalue weighted by atomic mass is 16.5. The van der Waals surface area contributed by atoms with Crippen molar-refractivity contribution >= 4 is 5.91 Å². The topological polar surface area (TPSA) is 81.9 Å². The van der Waals surface area contributed by atoms with Crippen molar-refractivity contribution in [3.63, 3.8) is 0 Å². The Morgan fingerprint density at radius 3 is 2.84 bits per heavy atom. The predicted molar refractivity (Wildman–Crippen MR) is 91.6 cm³/mol. The van der Waals surface area contributed by atoms with Crippen molar-refractivity contribution in [3.8, 4) is 5.88 Å². The lowest BCUT2D eigenvalue weighted by Crippen LogP contribution is -2.31. The van der Waals surface area contributed by atoms with Crippen molar-refractivity contribution in [3.05, 3.63) is 72.4 Å². The van der Waals surface area contributed by atoms with Gasteiger partial charge in [0.25, 0.3) is 0 Å². The number of pyridine rings is 1. The van der Waals surface area contributed by atoms with E-state index in [1.54, 1.807) is 13.1 Å². The fraction of sp³-hybridized carbons (Fsp3) is 0.222. The maximum Gasteiger partial charge on any atom is 0.244 e. The van der Waals surface area contributed by atoms with E-state index in [4.69, 9.17) is 4.74 Å². The quantitative estimate of drug-likeness (QED) is 0.714. The highest BCUT2D eigenvalue weighted by molar-refractivity contribution is 5.79. The van der Waals surface area contributed by atoms with Gasteiger partial charge in [0.05, 0.1) is 0 Å². The molecule has 1 N–H and O–H groups in total. The third-order valence-electron chi connectivity index (χ3n) is 3.73. The second-order valence-corrected chi connectivity index (χ2v) is 5.51. The molecular weight excluding hydrogens is 318 g/mol. The fourth-order valence-corrected chi connectivity index (χ4v) is 2.28. The Labute approximate surface area is 145 Å². The van der Waals surface area contributed by atoms with Crippen LogP contribution in [0.15, 0.2) is 61.3 Å². The largest absolute Gasteiger partial charge is 0.473 e. The molecule has 3 rings (SSSR count). The van der Waals surface area contributed by atoms with Crippen LogP contribution in [0.5, 0.6) is 5.88 Å². The van der Waals surface area contributed by atoms with E-state index in [1.165, 1.54) is 17.3 Å². The van der Waals surface area contributed by atoms with Crippen LogP contribution in [0.1, 0.15) is 24.1 Å². The van der Waals surface area contributed by atoms with Gasteiger partial charge in [0.1, 0.15) is 25.3 Å². The minimum absolute atomic E-state index is 0.150. The van der Waals surface area contributed by atoms with Gasteiger partial charge in [-0.15, -0.1) is 0 Å². The van der Waals surface area contributed by atoms with Gasteiger partial charge in [-0.2, -0.15) is 5.10 Å². The van der Waals surface area contributed by atoms with Gasteiger partial charge in [0, 0.05) is 18.3 Å². The summed E-state index contributed by atoms with van der Waals surface area (Å²) in [5, 5.41) is 6.86. The molecule has 7 nitrogen and oxygen atoms in total. The van der Waals surface area contributed by atoms with Crippen molar-refractivity contribution < 1.29 is 9.53 Å². The van der Waals surface area contributed by atoms with Crippen LogP contribution in [-0.2, 0) is 17.9 Å². The lowest BCUT2D eigenvalue weighted by molar-refractivity contribution is -0.124. The Balaban J connectivity index is 1.60. The van der Waals surface area contributed by atoms with Crippen LogP contribution in [0.4, 0.5) is 0 Å². The van der Waals surface area contributed by atoms with Crippen LogP contribution in [0.3, 0.4) is 0 Å². The number of carbonyl (C=O) groups excluding carboxylic acids is 1. The van der Waals surface area contributed by atoms with Crippen LogP contribution in [0.25, 0.3) is 0 Å². The van der Waals surface area contributed by atoms with Gasteiger partial charge in [0.2, 0.25) is 11.8 Å². The van der Waals surface area contributed by atoms with E-state index in [9.17, 15) is 4.79 Å². The summed E-state index contributed by atoms with van der Waals surface area (Å²) in [7, 11) is 0. The molecule has 0 aliphatic heterocycles. The second kappa shape index (κ2) is 8.05. The summed E-state index contributed by atoms with van der Waals surface area (Å²) in [5.41, 5.74) is 1.88. The third kappa shape index (κ3) is 4.41. The summed E-state index contributed by atoms with van der Waals surface area (Å²) in [6.45, 7) is 2.52. The first-order valence-corrected chi connectivity index (χ1v) is 7.96. The molecule has 0 saturated carbocycles. The Morgan fingerprint density at radius 1 is 1.24 bits per heavy atom. The molecule has 0 radical (unpaired) electrons. The number of aromatic nitrogens is 4. The number of hydrogen-bond acceptors (Lipinski definition) is 5. The molecule has 0 unspecified atom stereocenters. The van der Waals surface area contributed by atoms with Gasteiger partial charge in [-0.25, -0.2) is 14.6 Å². The molecule has 0 saturated heterocycles. The normalized spacial score (nSPS) is 11.7. The van der Waals surface area contributed by atoms with Crippen molar-refractivity contribution in [2.24, 2.45) is 0 Å². The van der Waals surface area contributed by atoms with Crippen LogP contribution in [0.2, 0.25) is 0 Å². The molecule has 2 heterocycles. The predicted octanol–water partition coefficient (Wildman–Crippen LogP) is 2.13. The molecule has 0 bridgehead atoms. The van der Waals surface area contributed by atoms with Crippen molar-refractivity contribution in [2.75, 3.05) is 0 Å². The van der Waals surface area contributed by atoms with Crippen molar-refractivity contribution in [1.29, 1.82) is 0 Å². The zero-order valence-electron chi connectivity index (χ0n) is 13.9. The van der Waals surface area contributed by atoms with Gasteiger partial charge in [0.15, 0.2) is 0 Å². The van der Waals surface area contributed by atoms with Gasteiger partial charge in [-0.3, -0.25) is 4.79 Å². The average molecular weight is 337 g/mol. The molecule has 0 aliphatic carbocycles. The number of rotatable bonds is 7. The molecule has 0 aliphatic rings. The lowest BCUT2D eigenvalue weighted by Gasteiger charge is -2.14. The number of amides is 1. The van der Waals surface area contributed by atoms with E-state index in [2.05, 4.69) is 20.4 Å². The number of nitrogens with zero attached hydrogens (tertiary/aromatic N) is 4. The van der Waals surface area contributed by atoms with E-state index >= 15 is 0 Å². The SMILES string of the molecule is C[C@@H](C(=O)NCc1cccnc1OCc1ccccc1)n1cncn1. The van der Waals surface area contributed by atoms with Gasteiger partial charge < -0.3 is 10.1 Å². The van der Waals surface area contributed by atoms with E-state index in [1.807, 2.05) is 42.5 Å². The van der Waals surface area contributed by atoms with Crippen molar-refractivity contribution in [1.82, 2.24) is 25.1 Å². The first-order valence-electron chi connectivity index (χ1n) is 7.96. The number of nitrogens with one attached hydrogen (secondary N) is 1. The minimum Gasteiger partial charge on any atom is -0.473 e. The monoisotopic (exact) mass is 337 g/mol. The summed E-state index contributed by atoms with van der Waals surface area (Å²) in [5.74, 6) is 0.364. The molecule has 128 valence electrons. The van der Waals surface area contributed by atoms with Crippen LogP contribution in [0, 0.1) is 0 Å². The average Bonchev–Trinajstić information content (AvgIpc) is 3.20. The second-order valence-electron chi connectivity index (χ2n) is 5.51. The minimum atomic E-state index is -0.437. The molecule has 0 spiro atoms. The first-order chi connectivity index (χ1) is 12.2. The highest BCUT2D eigenvalue weighted by Gasteiger charge is 2.16. The number of hydrogen-bond donors (Lipinski definition) is 1. The summed E-state index contributed by atoms with van der Waals surface area (Å²) in [6.07, 6.45) is 4.59. The standard InChI is InChI=1S/C18H19N5O2/c1-14(23-13-19-12-22-23)17(24)21-10-16-8-5-9-20-18(16)25-11-15-6-3-2-4-7-15/h2-9,12-14H,10-11H2,1H3,(H,21,24)/t14-/m0/s1. The summed E-state index contributed by atoms with van der Waals surface area (Å²) in [6, 6.07) is 13.1. The van der Waals surface area contributed by atoms with Crippen molar-refractivity contribution in [2.45, 2.75) is 26.1 Å². The molecule has 25 heavy (non-hydrogen) atoms. The summed E-state index contributed by atoms with van der Waals surface area (Å²) < 4.78 is 7.30. The third-order valence-corrected chi connectivity index (χ3v) is 3.73.